The van der Waals surface area contributed by atoms with E-state index in [0.717, 1.165) is 6.54 Å². The van der Waals surface area contributed by atoms with Gasteiger partial charge in [0, 0.05) is 19.5 Å². The molecule has 0 spiro atoms. The first-order valence-electron chi connectivity index (χ1n) is 2.99. The predicted octanol–water partition coefficient (Wildman–Crippen LogP) is 0.627. The van der Waals surface area contributed by atoms with Gasteiger partial charge >= 0.3 is 0 Å². The SMILES string of the molecule is CC(=O)N1CCC1C. The predicted molar refractivity (Wildman–Crippen MR) is 31.5 cm³/mol. The first-order valence-corrected chi connectivity index (χ1v) is 2.99. The van der Waals surface area contributed by atoms with Crippen molar-refractivity contribution in [1.29, 1.82) is 0 Å². The zero-order chi connectivity index (χ0) is 6.15. The van der Waals surface area contributed by atoms with Gasteiger partial charge in [0.25, 0.3) is 0 Å². The largest absolute Gasteiger partial charge is 0.340 e. The molecule has 1 unspecified atom stereocenters. The third-order valence-corrected chi connectivity index (χ3v) is 1.72. The van der Waals surface area contributed by atoms with Gasteiger partial charge in [-0.1, -0.05) is 0 Å². The second-order valence-corrected chi connectivity index (χ2v) is 2.35. The molecular weight excluding hydrogens is 102 g/mol. The van der Waals surface area contributed by atoms with E-state index >= 15 is 0 Å². The topological polar surface area (TPSA) is 20.3 Å². The van der Waals surface area contributed by atoms with Crippen LogP contribution >= 0.6 is 0 Å². The van der Waals surface area contributed by atoms with E-state index < -0.39 is 0 Å². The molecule has 2 heteroatoms. The fourth-order valence-electron chi connectivity index (χ4n) is 0.984. The summed E-state index contributed by atoms with van der Waals surface area (Å²) in [7, 11) is 0. The molecular formula is C6H11NO. The van der Waals surface area contributed by atoms with E-state index in [1.807, 2.05) is 4.90 Å². The zero-order valence-corrected chi connectivity index (χ0v) is 5.35. The standard InChI is InChI=1S/C6H11NO/c1-5-3-4-7(5)6(2)8/h5H,3-4H2,1-2H3. The molecule has 8 heavy (non-hydrogen) atoms. The van der Waals surface area contributed by atoms with Crippen molar-refractivity contribution in [1.82, 2.24) is 4.90 Å². The Morgan fingerprint density at radius 1 is 1.75 bits per heavy atom. The molecule has 1 atom stereocenters. The Hall–Kier alpha value is -0.530. The van der Waals surface area contributed by atoms with Crippen molar-refractivity contribution >= 4 is 5.91 Å². The first-order chi connectivity index (χ1) is 3.72. The Kier molecular flexibility index (Phi) is 1.24. The van der Waals surface area contributed by atoms with Crippen LogP contribution in [0.4, 0.5) is 0 Å². The monoisotopic (exact) mass is 113 g/mol. The Labute approximate surface area is 49.5 Å². The van der Waals surface area contributed by atoms with Gasteiger partial charge in [0.05, 0.1) is 0 Å². The van der Waals surface area contributed by atoms with Crippen LogP contribution in [0.5, 0.6) is 0 Å². The van der Waals surface area contributed by atoms with Gasteiger partial charge < -0.3 is 4.90 Å². The van der Waals surface area contributed by atoms with Crippen LogP contribution in [0.25, 0.3) is 0 Å². The Bertz CT molecular complexity index is 111. The molecule has 1 saturated heterocycles. The summed E-state index contributed by atoms with van der Waals surface area (Å²) in [5, 5.41) is 0. The maximum Gasteiger partial charge on any atom is 0.219 e. The van der Waals surface area contributed by atoms with Crippen LogP contribution in [-0.4, -0.2) is 23.4 Å². The highest BCUT2D eigenvalue weighted by molar-refractivity contribution is 5.74. The summed E-state index contributed by atoms with van der Waals surface area (Å²) in [4.78, 5) is 12.4. The van der Waals surface area contributed by atoms with E-state index in [0.29, 0.717) is 6.04 Å². The summed E-state index contributed by atoms with van der Waals surface area (Å²) in [6, 6.07) is 0.507. The van der Waals surface area contributed by atoms with Crippen molar-refractivity contribution < 1.29 is 4.79 Å². The van der Waals surface area contributed by atoms with E-state index in [2.05, 4.69) is 6.92 Å². The van der Waals surface area contributed by atoms with Gasteiger partial charge in [-0.05, 0) is 13.3 Å². The zero-order valence-electron chi connectivity index (χ0n) is 5.35. The lowest BCUT2D eigenvalue weighted by atomic mass is 10.1. The average molecular weight is 113 g/mol. The molecule has 46 valence electrons. The quantitative estimate of drug-likeness (QED) is 0.451. The smallest absolute Gasteiger partial charge is 0.219 e. The number of nitrogens with zero attached hydrogens (tertiary/aromatic N) is 1. The van der Waals surface area contributed by atoms with Crippen LogP contribution in [-0.2, 0) is 4.79 Å². The van der Waals surface area contributed by atoms with Crippen LogP contribution < -0.4 is 0 Å². The van der Waals surface area contributed by atoms with Crippen molar-refractivity contribution in [3.63, 3.8) is 0 Å². The van der Waals surface area contributed by atoms with Gasteiger partial charge in [-0.25, -0.2) is 0 Å². The van der Waals surface area contributed by atoms with E-state index in [4.69, 9.17) is 0 Å². The molecule has 0 aliphatic carbocycles. The molecule has 0 aromatic heterocycles. The summed E-state index contributed by atoms with van der Waals surface area (Å²) in [5.74, 6) is 0.212. The molecule has 0 aromatic carbocycles. The van der Waals surface area contributed by atoms with Crippen LogP contribution in [0, 0.1) is 0 Å². The fourth-order valence-corrected chi connectivity index (χ4v) is 0.984. The minimum atomic E-state index is 0.212. The molecule has 0 N–H and O–H groups in total. The number of amides is 1. The molecule has 1 aliphatic heterocycles. The Balaban J connectivity index is 2.37. The van der Waals surface area contributed by atoms with Crippen molar-refractivity contribution in [2.75, 3.05) is 6.54 Å². The molecule has 0 bridgehead atoms. The van der Waals surface area contributed by atoms with Gasteiger partial charge in [0.1, 0.15) is 0 Å². The van der Waals surface area contributed by atoms with Gasteiger partial charge in [-0.2, -0.15) is 0 Å². The van der Waals surface area contributed by atoms with E-state index in [-0.39, 0.29) is 5.91 Å². The minimum absolute atomic E-state index is 0.212. The maximum atomic E-state index is 10.6. The van der Waals surface area contributed by atoms with E-state index in [1.165, 1.54) is 6.42 Å². The second-order valence-electron chi connectivity index (χ2n) is 2.35. The lowest BCUT2D eigenvalue weighted by Gasteiger charge is -2.37. The number of hydrogen-bond acceptors (Lipinski definition) is 1. The van der Waals surface area contributed by atoms with Crippen LogP contribution in [0.3, 0.4) is 0 Å². The minimum Gasteiger partial charge on any atom is -0.340 e. The molecule has 0 aromatic rings. The lowest BCUT2D eigenvalue weighted by Crippen LogP contribution is -2.48. The molecule has 1 rings (SSSR count). The average Bonchev–Trinajstić information content (AvgIpc) is 1.61. The van der Waals surface area contributed by atoms with Crippen LogP contribution in [0.15, 0.2) is 0 Å². The van der Waals surface area contributed by atoms with Crippen LogP contribution in [0.1, 0.15) is 20.3 Å². The Morgan fingerprint density at radius 3 is 2.38 bits per heavy atom. The Morgan fingerprint density at radius 2 is 2.38 bits per heavy atom. The van der Waals surface area contributed by atoms with Gasteiger partial charge in [-0.3, -0.25) is 4.79 Å². The van der Waals surface area contributed by atoms with Gasteiger partial charge in [0.15, 0.2) is 0 Å². The second kappa shape index (κ2) is 1.77. The summed E-state index contributed by atoms with van der Waals surface area (Å²) in [6.45, 7) is 4.66. The third-order valence-electron chi connectivity index (χ3n) is 1.72. The third kappa shape index (κ3) is 0.703. The highest BCUT2D eigenvalue weighted by atomic mass is 16.2. The van der Waals surface area contributed by atoms with Gasteiger partial charge in [-0.15, -0.1) is 0 Å². The lowest BCUT2D eigenvalue weighted by molar-refractivity contribution is -0.135. The molecule has 1 amide bonds. The number of carbonyl (C=O) groups excluding carboxylic acids is 1. The number of hydrogen-bond donors (Lipinski definition) is 0. The first kappa shape index (κ1) is 5.60. The molecule has 2 nitrogen and oxygen atoms in total. The fraction of sp³-hybridized carbons (Fsp3) is 0.833. The van der Waals surface area contributed by atoms with E-state index in [9.17, 15) is 4.79 Å². The van der Waals surface area contributed by atoms with Crippen molar-refractivity contribution in [3.8, 4) is 0 Å². The molecule has 0 radical (unpaired) electrons. The van der Waals surface area contributed by atoms with E-state index in [1.54, 1.807) is 6.92 Å². The summed E-state index contributed by atoms with van der Waals surface area (Å²) in [5.41, 5.74) is 0. The summed E-state index contributed by atoms with van der Waals surface area (Å²) in [6.07, 6.45) is 1.18. The highest BCUT2D eigenvalue weighted by Gasteiger charge is 2.24. The van der Waals surface area contributed by atoms with Gasteiger partial charge in [0.2, 0.25) is 5.91 Å². The highest BCUT2D eigenvalue weighted by Crippen LogP contribution is 2.15. The number of likely N-dealkylation sites (tertiary alicyclic amines) is 1. The normalized spacial score (nSPS) is 27.2. The number of carbonyl (C=O) groups is 1. The van der Waals surface area contributed by atoms with Crippen LogP contribution in [0.2, 0.25) is 0 Å². The summed E-state index contributed by atoms with van der Waals surface area (Å²) >= 11 is 0. The van der Waals surface area contributed by atoms with Crippen molar-refractivity contribution in [2.24, 2.45) is 0 Å². The number of rotatable bonds is 0. The molecule has 1 aliphatic rings. The molecule has 0 saturated carbocycles. The van der Waals surface area contributed by atoms with Crippen molar-refractivity contribution in [3.05, 3.63) is 0 Å². The summed E-state index contributed by atoms with van der Waals surface area (Å²) < 4.78 is 0. The molecule has 1 fully saturated rings. The molecule has 1 heterocycles. The van der Waals surface area contributed by atoms with Crippen molar-refractivity contribution in [2.45, 2.75) is 26.3 Å². The maximum absolute atomic E-state index is 10.6.